The zero-order valence-corrected chi connectivity index (χ0v) is 10.4. The van der Waals surface area contributed by atoms with Crippen LogP contribution in [0.2, 0.25) is 0 Å². The van der Waals surface area contributed by atoms with Crippen LogP contribution in [0, 0.1) is 17.8 Å². The molecule has 0 amide bonds. The van der Waals surface area contributed by atoms with Gasteiger partial charge in [-0.1, -0.05) is 24.6 Å². The normalized spacial score (nSPS) is 31.4. The Bertz CT molecular complexity index is 471. The van der Waals surface area contributed by atoms with Crippen molar-refractivity contribution in [2.24, 2.45) is 17.8 Å². The molecular formula is C15H19NO2. The highest BCUT2D eigenvalue weighted by Crippen LogP contribution is 2.53. The lowest BCUT2D eigenvalue weighted by molar-refractivity contribution is -0.140. The van der Waals surface area contributed by atoms with Gasteiger partial charge in [-0.25, -0.2) is 0 Å². The summed E-state index contributed by atoms with van der Waals surface area (Å²) >= 11 is 0. The van der Waals surface area contributed by atoms with Crippen LogP contribution in [0.5, 0.6) is 0 Å². The number of carboxylic acids is 1. The van der Waals surface area contributed by atoms with Crippen LogP contribution in [-0.2, 0) is 4.79 Å². The molecule has 4 atom stereocenters. The predicted molar refractivity (Wildman–Crippen MR) is 70.2 cm³/mol. The SMILES string of the molecule is Nc1ccccc1C(C(=O)O)C1CC2CCC1C2. The number of nitrogen functional groups attached to an aromatic ring is 1. The summed E-state index contributed by atoms with van der Waals surface area (Å²) in [5.41, 5.74) is 7.39. The van der Waals surface area contributed by atoms with Gasteiger partial charge in [0.2, 0.25) is 0 Å². The molecule has 4 unspecified atom stereocenters. The van der Waals surface area contributed by atoms with Crippen molar-refractivity contribution in [1.82, 2.24) is 0 Å². The van der Waals surface area contributed by atoms with Gasteiger partial charge in [0, 0.05) is 5.69 Å². The van der Waals surface area contributed by atoms with E-state index in [4.69, 9.17) is 5.73 Å². The molecule has 18 heavy (non-hydrogen) atoms. The van der Waals surface area contributed by atoms with Crippen LogP contribution in [-0.4, -0.2) is 11.1 Å². The molecule has 2 bridgehead atoms. The quantitative estimate of drug-likeness (QED) is 0.805. The van der Waals surface area contributed by atoms with Gasteiger partial charge in [0.1, 0.15) is 0 Å². The molecule has 3 heteroatoms. The molecule has 3 N–H and O–H groups in total. The van der Waals surface area contributed by atoms with E-state index < -0.39 is 11.9 Å². The Hall–Kier alpha value is -1.51. The lowest BCUT2D eigenvalue weighted by Crippen LogP contribution is -2.26. The minimum absolute atomic E-state index is 0.283. The Morgan fingerprint density at radius 2 is 2.06 bits per heavy atom. The number of aliphatic carboxylic acids is 1. The van der Waals surface area contributed by atoms with E-state index in [9.17, 15) is 9.90 Å². The molecule has 1 aromatic rings. The minimum Gasteiger partial charge on any atom is -0.481 e. The molecule has 0 saturated heterocycles. The summed E-state index contributed by atoms with van der Waals surface area (Å²) in [6.07, 6.45) is 4.78. The van der Waals surface area contributed by atoms with Crippen LogP contribution < -0.4 is 5.73 Å². The van der Waals surface area contributed by atoms with Crippen LogP contribution in [0.3, 0.4) is 0 Å². The highest BCUT2D eigenvalue weighted by molar-refractivity contribution is 5.79. The summed E-state index contributed by atoms with van der Waals surface area (Å²) in [6.45, 7) is 0. The number of rotatable bonds is 3. The maximum absolute atomic E-state index is 11.7. The average molecular weight is 245 g/mol. The standard InChI is InChI=1S/C15H19NO2/c16-13-4-2-1-3-11(13)14(15(17)18)12-8-9-5-6-10(12)7-9/h1-4,9-10,12,14H,5-8,16H2,(H,17,18). The molecule has 0 aromatic heterocycles. The summed E-state index contributed by atoms with van der Waals surface area (Å²) in [4.78, 5) is 11.7. The van der Waals surface area contributed by atoms with Gasteiger partial charge in [0.25, 0.3) is 0 Å². The van der Waals surface area contributed by atoms with Crippen molar-refractivity contribution < 1.29 is 9.90 Å². The molecule has 2 fully saturated rings. The van der Waals surface area contributed by atoms with Crippen molar-refractivity contribution in [3.8, 4) is 0 Å². The van der Waals surface area contributed by atoms with E-state index in [-0.39, 0.29) is 5.92 Å². The van der Waals surface area contributed by atoms with E-state index >= 15 is 0 Å². The molecule has 2 aliphatic carbocycles. The van der Waals surface area contributed by atoms with Crippen LogP contribution >= 0.6 is 0 Å². The highest BCUT2D eigenvalue weighted by atomic mass is 16.4. The van der Waals surface area contributed by atoms with E-state index in [1.165, 1.54) is 19.3 Å². The first kappa shape index (κ1) is 11.6. The van der Waals surface area contributed by atoms with Gasteiger partial charge in [-0.05, 0) is 48.6 Å². The zero-order valence-electron chi connectivity index (χ0n) is 10.4. The topological polar surface area (TPSA) is 63.3 Å². The minimum atomic E-state index is -0.717. The van der Waals surface area contributed by atoms with Crippen molar-refractivity contribution in [1.29, 1.82) is 0 Å². The molecule has 96 valence electrons. The van der Waals surface area contributed by atoms with E-state index in [0.29, 0.717) is 11.6 Å². The first-order valence-electron chi connectivity index (χ1n) is 6.74. The summed E-state index contributed by atoms with van der Waals surface area (Å²) < 4.78 is 0. The van der Waals surface area contributed by atoms with Crippen molar-refractivity contribution >= 4 is 11.7 Å². The van der Waals surface area contributed by atoms with E-state index in [1.807, 2.05) is 18.2 Å². The van der Waals surface area contributed by atoms with Crippen LogP contribution in [0.25, 0.3) is 0 Å². The number of hydrogen-bond donors (Lipinski definition) is 2. The van der Waals surface area contributed by atoms with Crippen molar-refractivity contribution in [2.45, 2.75) is 31.6 Å². The Labute approximate surface area is 107 Å². The molecule has 3 rings (SSSR count). The van der Waals surface area contributed by atoms with Crippen molar-refractivity contribution in [3.63, 3.8) is 0 Å². The van der Waals surface area contributed by atoms with Crippen molar-refractivity contribution in [2.75, 3.05) is 5.73 Å². The molecule has 0 aliphatic heterocycles. The lowest BCUT2D eigenvalue weighted by Gasteiger charge is -2.28. The number of nitrogens with two attached hydrogens (primary N) is 1. The third-order valence-corrected chi connectivity index (χ3v) is 4.82. The summed E-state index contributed by atoms with van der Waals surface area (Å²) in [5.74, 6) is 0.500. The second kappa shape index (κ2) is 4.30. The number of fused-ring (bicyclic) bond motifs is 2. The number of carboxylic acid groups (broad SMARTS) is 1. The third-order valence-electron chi connectivity index (χ3n) is 4.82. The Balaban J connectivity index is 1.94. The first-order chi connectivity index (χ1) is 8.66. The number of hydrogen-bond acceptors (Lipinski definition) is 2. The smallest absolute Gasteiger partial charge is 0.311 e. The fourth-order valence-corrected chi connectivity index (χ4v) is 4.04. The number of benzene rings is 1. The van der Waals surface area contributed by atoms with Crippen LogP contribution in [0.15, 0.2) is 24.3 Å². The number of para-hydroxylation sites is 1. The highest BCUT2D eigenvalue weighted by Gasteiger charge is 2.46. The predicted octanol–water partition coefficient (Wildman–Crippen LogP) is 2.87. The maximum atomic E-state index is 11.7. The Morgan fingerprint density at radius 3 is 2.61 bits per heavy atom. The van der Waals surface area contributed by atoms with Gasteiger partial charge in [-0.15, -0.1) is 0 Å². The largest absolute Gasteiger partial charge is 0.481 e. The molecule has 2 aliphatic rings. The molecular weight excluding hydrogens is 226 g/mol. The second-order valence-electron chi connectivity index (χ2n) is 5.78. The molecule has 0 spiro atoms. The van der Waals surface area contributed by atoms with Gasteiger partial charge in [-0.2, -0.15) is 0 Å². The van der Waals surface area contributed by atoms with Crippen LogP contribution in [0.1, 0.15) is 37.2 Å². The van der Waals surface area contributed by atoms with E-state index in [2.05, 4.69) is 0 Å². The molecule has 0 radical (unpaired) electrons. The van der Waals surface area contributed by atoms with Gasteiger partial charge < -0.3 is 10.8 Å². The zero-order chi connectivity index (χ0) is 12.7. The first-order valence-corrected chi connectivity index (χ1v) is 6.74. The van der Waals surface area contributed by atoms with Crippen LogP contribution in [0.4, 0.5) is 5.69 Å². The molecule has 3 nitrogen and oxygen atoms in total. The fourth-order valence-electron chi connectivity index (χ4n) is 4.04. The lowest BCUT2D eigenvalue weighted by atomic mass is 9.76. The average Bonchev–Trinajstić information content (AvgIpc) is 2.94. The summed E-state index contributed by atoms with van der Waals surface area (Å²) in [6, 6.07) is 7.42. The maximum Gasteiger partial charge on any atom is 0.311 e. The summed E-state index contributed by atoms with van der Waals surface area (Å²) in [5, 5.41) is 9.58. The Kier molecular flexibility index (Phi) is 2.77. The number of anilines is 1. The van der Waals surface area contributed by atoms with Crippen molar-refractivity contribution in [3.05, 3.63) is 29.8 Å². The fraction of sp³-hybridized carbons (Fsp3) is 0.533. The third kappa shape index (κ3) is 1.78. The summed E-state index contributed by atoms with van der Waals surface area (Å²) in [7, 11) is 0. The van der Waals surface area contributed by atoms with Gasteiger partial charge in [0.05, 0.1) is 5.92 Å². The van der Waals surface area contributed by atoms with Gasteiger partial charge in [0.15, 0.2) is 0 Å². The van der Waals surface area contributed by atoms with E-state index in [0.717, 1.165) is 17.9 Å². The van der Waals surface area contributed by atoms with Gasteiger partial charge >= 0.3 is 5.97 Å². The molecule has 2 saturated carbocycles. The monoisotopic (exact) mass is 245 g/mol. The molecule has 1 aromatic carbocycles. The molecule has 0 heterocycles. The van der Waals surface area contributed by atoms with E-state index in [1.54, 1.807) is 6.07 Å². The number of carbonyl (C=O) groups is 1. The van der Waals surface area contributed by atoms with Gasteiger partial charge in [-0.3, -0.25) is 4.79 Å². The second-order valence-corrected chi connectivity index (χ2v) is 5.78. The Morgan fingerprint density at radius 1 is 1.28 bits per heavy atom.